The highest BCUT2D eigenvalue weighted by Gasteiger charge is 2.33. The summed E-state index contributed by atoms with van der Waals surface area (Å²) in [5.74, 6) is -0.483. The van der Waals surface area contributed by atoms with Gasteiger partial charge in [-0.05, 0) is 48.4 Å². The van der Waals surface area contributed by atoms with Gasteiger partial charge >= 0.3 is 0 Å². The number of Topliss-reactive ketones (excluding diaryl/α,β-unsaturated/α-hetero) is 1. The number of benzene rings is 2. The number of nitrogens with one attached hydrogen (secondary N) is 1. The average Bonchev–Trinajstić information content (AvgIpc) is 2.70. The smallest absolute Gasteiger partial charge is 0.243 e. The van der Waals surface area contributed by atoms with Crippen LogP contribution in [-0.4, -0.2) is 38.0 Å². The molecule has 1 N–H and O–H groups in total. The summed E-state index contributed by atoms with van der Waals surface area (Å²) >= 11 is 0. The van der Waals surface area contributed by atoms with Crippen molar-refractivity contribution in [3.05, 3.63) is 65.2 Å². The number of sulfonamides is 1. The van der Waals surface area contributed by atoms with Crippen LogP contribution < -0.4 is 5.32 Å². The topological polar surface area (TPSA) is 83.6 Å². The fraction of sp³-hybridized carbons (Fsp3) is 0.391. The normalized spacial score (nSPS) is 18.0. The molecule has 0 bridgehead atoms. The summed E-state index contributed by atoms with van der Waals surface area (Å²) in [5.41, 5.74) is 2.79. The Hall–Kier alpha value is -2.51. The third-order valence-corrected chi connectivity index (χ3v) is 7.61. The van der Waals surface area contributed by atoms with Gasteiger partial charge in [-0.1, -0.05) is 50.2 Å². The van der Waals surface area contributed by atoms with Gasteiger partial charge in [-0.3, -0.25) is 9.59 Å². The van der Waals surface area contributed by atoms with Crippen LogP contribution in [0.15, 0.2) is 53.4 Å². The number of carbonyl (C=O) groups excluding carboxylic acids is 2. The van der Waals surface area contributed by atoms with Crippen molar-refractivity contribution in [1.29, 1.82) is 0 Å². The van der Waals surface area contributed by atoms with E-state index in [0.717, 1.165) is 22.7 Å². The predicted molar refractivity (Wildman–Crippen MR) is 116 cm³/mol. The molecule has 0 saturated heterocycles. The van der Waals surface area contributed by atoms with E-state index >= 15 is 0 Å². The van der Waals surface area contributed by atoms with Gasteiger partial charge in [-0.15, -0.1) is 0 Å². The number of likely N-dealkylation sites (N-methyl/N-ethyl adjacent to an activating group) is 1. The predicted octanol–water partition coefficient (Wildman–Crippen LogP) is 3.44. The number of hydrogen-bond donors (Lipinski definition) is 1. The minimum Gasteiger partial charge on any atom is -0.348 e. The van der Waals surface area contributed by atoms with E-state index in [0.29, 0.717) is 5.56 Å². The third kappa shape index (κ3) is 4.47. The van der Waals surface area contributed by atoms with E-state index in [1.54, 1.807) is 0 Å². The molecule has 0 spiro atoms. The maximum Gasteiger partial charge on any atom is 0.243 e. The number of fused-ring (bicyclic) bond motifs is 1. The molecule has 0 saturated carbocycles. The minimum atomic E-state index is -3.84. The lowest BCUT2D eigenvalue weighted by molar-refractivity contribution is -0.122. The minimum absolute atomic E-state index is 0.0456. The zero-order chi connectivity index (χ0) is 22.1. The Bertz CT molecular complexity index is 1060. The number of amides is 1. The van der Waals surface area contributed by atoms with Crippen molar-refractivity contribution >= 4 is 21.7 Å². The highest BCUT2D eigenvalue weighted by atomic mass is 32.2. The van der Waals surface area contributed by atoms with Crippen LogP contribution in [0, 0.1) is 0 Å². The van der Waals surface area contributed by atoms with E-state index in [1.165, 1.54) is 43.8 Å². The molecule has 7 heteroatoms. The lowest BCUT2D eigenvalue weighted by Crippen LogP contribution is -2.41. The highest BCUT2D eigenvalue weighted by Crippen LogP contribution is 2.41. The molecule has 6 nitrogen and oxygen atoms in total. The molecule has 3 rings (SSSR count). The van der Waals surface area contributed by atoms with Crippen LogP contribution >= 0.6 is 0 Å². The van der Waals surface area contributed by atoms with Crippen LogP contribution in [0.1, 0.15) is 61.1 Å². The number of carbonyl (C=O) groups is 2. The molecule has 2 aromatic carbocycles. The molecular formula is C23H28N2O4S. The average molecular weight is 429 g/mol. The van der Waals surface area contributed by atoms with Gasteiger partial charge in [0.05, 0.1) is 17.5 Å². The van der Waals surface area contributed by atoms with Gasteiger partial charge in [0.15, 0.2) is 5.78 Å². The fourth-order valence-electron chi connectivity index (χ4n) is 3.93. The second-order valence-corrected chi connectivity index (χ2v) is 10.5. The lowest BCUT2D eigenvalue weighted by atomic mass is 9.71. The van der Waals surface area contributed by atoms with Crippen molar-refractivity contribution < 1.29 is 18.0 Å². The largest absolute Gasteiger partial charge is 0.348 e. The highest BCUT2D eigenvalue weighted by molar-refractivity contribution is 7.89. The molecular weight excluding hydrogens is 400 g/mol. The molecule has 1 aliphatic rings. The first-order valence-electron chi connectivity index (χ1n) is 9.98. The van der Waals surface area contributed by atoms with Gasteiger partial charge < -0.3 is 5.32 Å². The molecule has 0 unspecified atom stereocenters. The Balaban J connectivity index is 1.71. The Morgan fingerprint density at radius 1 is 1.10 bits per heavy atom. The zero-order valence-corrected chi connectivity index (χ0v) is 18.6. The first-order valence-corrected chi connectivity index (χ1v) is 11.4. The van der Waals surface area contributed by atoms with Crippen LogP contribution in [0.5, 0.6) is 0 Å². The van der Waals surface area contributed by atoms with E-state index in [1.807, 2.05) is 18.2 Å². The Kier molecular flexibility index (Phi) is 6.15. The van der Waals surface area contributed by atoms with Crippen LogP contribution in [0.4, 0.5) is 0 Å². The van der Waals surface area contributed by atoms with Crippen molar-refractivity contribution in [3.63, 3.8) is 0 Å². The molecule has 0 fully saturated rings. The van der Waals surface area contributed by atoms with Gasteiger partial charge in [-0.2, -0.15) is 4.31 Å². The summed E-state index contributed by atoms with van der Waals surface area (Å²) in [6.07, 6.45) is 1.74. The van der Waals surface area contributed by atoms with Gasteiger partial charge in [0.25, 0.3) is 0 Å². The van der Waals surface area contributed by atoms with Gasteiger partial charge in [0.2, 0.25) is 15.9 Å². The number of ketones is 1. The van der Waals surface area contributed by atoms with Gasteiger partial charge in [0.1, 0.15) is 0 Å². The summed E-state index contributed by atoms with van der Waals surface area (Å²) in [5, 5.41) is 3.00. The summed E-state index contributed by atoms with van der Waals surface area (Å²) < 4.78 is 26.6. The van der Waals surface area contributed by atoms with Crippen molar-refractivity contribution in [2.24, 2.45) is 0 Å². The van der Waals surface area contributed by atoms with E-state index in [-0.39, 0.29) is 34.6 Å². The van der Waals surface area contributed by atoms with Crippen molar-refractivity contribution in [2.75, 3.05) is 13.6 Å². The van der Waals surface area contributed by atoms with Crippen molar-refractivity contribution in [1.82, 2.24) is 9.62 Å². The molecule has 1 atom stereocenters. The molecule has 2 aromatic rings. The Morgan fingerprint density at radius 2 is 1.73 bits per heavy atom. The van der Waals surface area contributed by atoms with E-state index in [9.17, 15) is 18.0 Å². The zero-order valence-electron chi connectivity index (χ0n) is 17.8. The van der Waals surface area contributed by atoms with Crippen molar-refractivity contribution in [2.45, 2.75) is 50.0 Å². The molecule has 0 radical (unpaired) electrons. The standard InChI is InChI=1S/C23H28N2O4S/c1-16(26)17-9-11-18(12-10-17)30(28,29)25(4)15-22(27)24-21-13-14-23(2,3)20-8-6-5-7-19(20)21/h5-12,21H,13-15H2,1-4H3,(H,24,27)/t21-/m1/s1. The van der Waals surface area contributed by atoms with Crippen molar-refractivity contribution in [3.8, 4) is 0 Å². The fourth-order valence-corrected chi connectivity index (χ4v) is 5.06. The monoisotopic (exact) mass is 428 g/mol. The summed E-state index contributed by atoms with van der Waals surface area (Å²) in [4.78, 5) is 24.1. The molecule has 1 aliphatic carbocycles. The SMILES string of the molecule is CC(=O)c1ccc(S(=O)(=O)N(C)CC(=O)N[C@@H]2CCC(C)(C)c3ccccc32)cc1. The third-order valence-electron chi connectivity index (χ3n) is 5.79. The molecule has 0 heterocycles. The second kappa shape index (κ2) is 8.32. The van der Waals surface area contributed by atoms with E-state index < -0.39 is 10.0 Å². The molecule has 1 amide bonds. The van der Waals surface area contributed by atoms with E-state index in [2.05, 4.69) is 25.2 Å². The number of rotatable bonds is 6. The Labute approximate surface area is 178 Å². The first kappa shape index (κ1) is 22.2. The molecule has 30 heavy (non-hydrogen) atoms. The van der Waals surface area contributed by atoms with Crippen LogP contribution in [-0.2, 0) is 20.2 Å². The molecule has 160 valence electrons. The number of hydrogen-bond acceptors (Lipinski definition) is 4. The van der Waals surface area contributed by atoms with Crippen LogP contribution in [0.25, 0.3) is 0 Å². The quantitative estimate of drug-likeness (QED) is 0.715. The summed E-state index contributed by atoms with van der Waals surface area (Å²) in [6.45, 7) is 5.53. The lowest BCUT2D eigenvalue weighted by Gasteiger charge is -2.37. The maximum atomic E-state index is 12.8. The second-order valence-electron chi connectivity index (χ2n) is 8.47. The molecule has 0 aliphatic heterocycles. The summed E-state index contributed by atoms with van der Waals surface area (Å²) in [6, 6.07) is 13.7. The van der Waals surface area contributed by atoms with Crippen LogP contribution in [0.2, 0.25) is 0 Å². The Morgan fingerprint density at radius 3 is 2.37 bits per heavy atom. The van der Waals surface area contributed by atoms with Crippen LogP contribution in [0.3, 0.4) is 0 Å². The number of nitrogens with zero attached hydrogens (tertiary/aromatic N) is 1. The van der Waals surface area contributed by atoms with E-state index in [4.69, 9.17) is 0 Å². The molecule has 0 aromatic heterocycles. The summed E-state index contributed by atoms with van der Waals surface area (Å²) in [7, 11) is -2.45. The first-order chi connectivity index (χ1) is 14.0. The maximum absolute atomic E-state index is 12.8. The van der Waals surface area contributed by atoms with Gasteiger partial charge in [-0.25, -0.2) is 8.42 Å². The van der Waals surface area contributed by atoms with Gasteiger partial charge in [0, 0.05) is 12.6 Å².